The second-order valence-corrected chi connectivity index (χ2v) is 5.96. The van der Waals surface area contributed by atoms with E-state index in [1.165, 1.54) is 7.11 Å². The highest BCUT2D eigenvalue weighted by Gasteiger charge is 2.46. The third kappa shape index (κ3) is 3.39. The zero-order valence-corrected chi connectivity index (χ0v) is 14.5. The first-order valence-electron chi connectivity index (χ1n) is 8.13. The number of nitrogens with zero attached hydrogens (tertiary/aromatic N) is 1. The van der Waals surface area contributed by atoms with Crippen molar-refractivity contribution < 1.29 is 29.3 Å². The topological polar surface area (TPSA) is 104 Å². The minimum absolute atomic E-state index is 0.141. The number of methoxy groups -OCH3 is 1. The van der Waals surface area contributed by atoms with E-state index < -0.39 is 30.2 Å². The molecule has 0 saturated carbocycles. The molecule has 0 aromatic heterocycles. The van der Waals surface area contributed by atoms with Crippen LogP contribution in [0.25, 0.3) is 5.76 Å². The predicted molar refractivity (Wildman–Crippen MR) is 96.1 cm³/mol. The third-order valence-electron chi connectivity index (χ3n) is 4.32. The summed E-state index contributed by atoms with van der Waals surface area (Å²) in [6, 6.07) is 13.8. The van der Waals surface area contributed by atoms with Crippen LogP contribution >= 0.6 is 0 Å². The van der Waals surface area contributed by atoms with Crippen LogP contribution in [0.15, 0.2) is 60.2 Å². The number of ether oxygens (including phenoxy) is 1. The lowest BCUT2D eigenvalue weighted by molar-refractivity contribution is -0.146. The molecule has 2 aromatic carbocycles. The van der Waals surface area contributed by atoms with E-state index in [1.807, 2.05) is 0 Å². The van der Waals surface area contributed by atoms with Gasteiger partial charge in [0.25, 0.3) is 11.7 Å². The van der Waals surface area contributed by atoms with Crippen molar-refractivity contribution in [3.8, 4) is 5.75 Å². The van der Waals surface area contributed by atoms with E-state index in [9.17, 15) is 19.5 Å². The summed E-state index contributed by atoms with van der Waals surface area (Å²) in [6.07, 6.45) is 0. The number of aliphatic hydroxyl groups excluding tert-OH is 1. The lowest BCUT2D eigenvalue weighted by Crippen LogP contribution is -2.34. The maximum absolute atomic E-state index is 12.6. The molecule has 1 aliphatic heterocycles. The molecule has 1 atom stereocenters. The number of carboxylic acids is 1. The third-order valence-corrected chi connectivity index (χ3v) is 4.32. The molecular formula is C20H17NO6. The number of aliphatic hydroxyl groups is 1. The Morgan fingerprint density at radius 1 is 1.04 bits per heavy atom. The van der Waals surface area contributed by atoms with Gasteiger partial charge < -0.3 is 19.8 Å². The van der Waals surface area contributed by atoms with E-state index in [4.69, 9.17) is 9.84 Å². The molecule has 0 radical (unpaired) electrons. The highest BCUT2D eigenvalue weighted by atomic mass is 16.5. The van der Waals surface area contributed by atoms with Crippen LogP contribution in [0.3, 0.4) is 0 Å². The average Bonchev–Trinajstić information content (AvgIpc) is 2.92. The van der Waals surface area contributed by atoms with E-state index in [0.29, 0.717) is 16.9 Å². The zero-order chi connectivity index (χ0) is 19.6. The van der Waals surface area contributed by atoms with Gasteiger partial charge in [-0.3, -0.25) is 14.4 Å². The summed E-state index contributed by atoms with van der Waals surface area (Å²) in [5.74, 6) is -2.91. The highest BCUT2D eigenvalue weighted by Crippen LogP contribution is 2.39. The first-order chi connectivity index (χ1) is 12.9. The van der Waals surface area contributed by atoms with E-state index >= 15 is 0 Å². The predicted octanol–water partition coefficient (Wildman–Crippen LogP) is 2.20. The van der Waals surface area contributed by atoms with Crippen molar-refractivity contribution in [2.24, 2.45) is 0 Å². The Labute approximate surface area is 155 Å². The van der Waals surface area contributed by atoms with Crippen molar-refractivity contribution in [2.45, 2.75) is 6.04 Å². The number of aliphatic carboxylic acids is 1. The molecule has 1 fully saturated rings. The number of likely N-dealkylation sites (tertiary alicyclic amines) is 1. The maximum Gasteiger partial charge on any atom is 0.323 e. The molecule has 2 aromatic rings. The van der Waals surface area contributed by atoms with Crippen molar-refractivity contribution in [2.75, 3.05) is 13.7 Å². The number of benzene rings is 2. The number of hydrogen-bond donors (Lipinski definition) is 2. The summed E-state index contributed by atoms with van der Waals surface area (Å²) in [5, 5.41) is 19.9. The molecular weight excluding hydrogens is 350 g/mol. The van der Waals surface area contributed by atoms with Crippen LogP contribution in [0.1, 0.15) is 17.2 Å². The molecule has 3 rings (SSSR count). The molecule has 7 nitrogen and oxygen atoms in total. The minimum atomic E-state index is -1.25. The second kappa shape index (κ2) is 7.33. The smallest absolute Gasteiger partial charge is 0.323 e. The number of carbonyl (C=O) groups excluding carboxylic acids is 2. The number of carbonyl (C=O) groups is 3. The fourth-order valence-electron chi connectivity index (χ4n) is 3.07. The van der Waals surface area contributed by atoms with Gasteiger partial charge in [0.15, 0.2) is 0 Å². The van der Waals surface area contributed by atoms with Crippen molar-refractivity contribution in [1.82, 2.24) is 4.90 Å². The first-order valence-corrected chi connectivity index (χ1v) is 8.13. The Kier molecular flexibility index (Phi) is 4.94. The summed E-state index contributed by atoms with van der Waals surface area (Å²) < 4.78 is 5.11. The van der Waals surface area contributed by atoms with Gasteiger partial charge in [-0.2, -0.15) is 0 Å². The van der Waals surface area contributed by atoms with Crippen molar-refractivity contribution in [3.05, 3.63) is 71.3 Å². The number of carboxylic acid groups (broad SMARTS) is 1. The van der Waals surface area contributed by atoms with Crippen LogP contribution in [-0.2, 0) is 14.4 Å². The summed E-state index contributed by atoms with van der Waals surface area (Å²) >= 11 is 0. The standard InChI is InChI=1S/C20H17NO6/c1-27-14-9-7-12(8-10-14)17-16(18(24)13-5-3-2-4-6-13)19(25)20(26)21(17)11-15(22)23/h2-10,17,24H,11H2,1H3,(H,22,23). The zero-order valence-electron chi connectivity index (χ0n) is 14.5. The average molecular weight is 367 g/mol. The molecule has 1 aliphatic rings. The van der Waals surface area contributed by atoms with Crippen molar-refractivity contribution >= 4 is 23.4 Å². The summed E-state index contributed by atoms with van der Waals surface area (Å²) in [5.41, 5.74) is 0.718. The Bertz CT molecular complexity index is 917. The molecule has 1 amide bonds. The van der Waals surface area contributed by atoms with Crippen LogP contribution in [0, 0.1) is 0 Å². The Morgan fingerprint density at radius 3 is 2.22 bits per heavy atom. The lowest BCUT2D eigenvalue weighted by Gasteiger charge is -2.23. The number of rotatable bonds is 5. The van der Waals surface area contributed by atoms with Gasteiger partial charge in [0.05, 0.1) is 18.7 Å². The fraction of sp³-hybridized carbons (Fsp3) is 0.150. The Morgan fingerprint density at radius 2 is 1.67 bits per heavy atom. The molecule has 2 N–H and O–H groups in total. The van der Waals surface area contributed by atoms with Gasteiger partial charge >= 0.3 is 5.97 Å². The van der Waals surface area contributed by atoms with Gasteiger partial charge in [0, 0.05) is 5.56 Å². The molecule has 1 unspecified atom stereocenters. The molecule has 0 aliphatic carbocycles. The van der Waals surface area contributed by atoms with E-state index in [2.05, 4.69) is 0 Å². The Balaban J connectivity index is 2.17. The number of ketones is 1. The van der Waals surface area contributed by atoms with Gasteiger partial charge in [-0.25, -0.2) is 0 Å². The molecule has 7 heteroatoms. The van der Waals surface area contributed by atoms with Gasteiger partial charge in [0.1, 0.15) is 18.1 Å². The minimum Gasteiger partial charge on any atom is -0.507 e. The summed E-state index contributed by atoms with van der Waals surface area (Å²) in [7, 11) is 1.50. The van der Waals surface area contributed by atoms with Gasteiger partial charge in [-0.15, -0.1) is 0 Å². The number of Topliss-reactive ketones (excluding diaryl/α,β-unsaturated/α-hetero) is 1. The van der Waals surface area contributed by atoms with Crippen LogP contribution in [0.5, 0.6) is 5.75 Å². The monoisotopic (exact) mass is 367 g/mol. The van der Waals surface area contributed by atoms with E-state index in [-0.39, 0.29) is 11.3 Å². The SMILES string of the molecule is COc1ccc(C2C(=C(O)c3ccccc3)C(=O)C(=O)N2CC(=O)O)cc1. The van der Waals surface area contributed by atoms with Gasteiger partial charge in [-0.1, -0.05) is 42.5 Å². The van der Waals surface area contributed by atoms with Crippen molar-refractivity contribution in [3.63, 3.8) is 0 Å². The van der Waals surface area contributed by atoms with Gasteiger partial charge in [-0.05, 0) is 17.7 Å². The highest BCUT2D eigenvalue weighted by molar-refractivity contribution is 6.46. The molecule has 138 valence electrons. The molecule has 27 heavy (non-hydrogen) atoms. The second-order valence-electron chi connectivity index (χ2n) is 5.96. The maximum atomic E-state index is 12.6. The van der Waals surface area contributed by atoms with Crippen LogP contribution < -0.4 is 4.74 Å². The quantitative estimate of drug-likeness (QED) is 0.477. The largest absolute Gasteiger partial charge is 0.507 e. The summed E-state index contributed by atoms with van der Waals surface area (Å²) in [6.45, 7) is -0.660. The van der Waals surface area contributed by atoms with Crippen LogP contribution in [-0.4, -0.2) is 46.4 Å². The molecule has 0 bridgehead atoms. The van der Waals surface area contributed by atoms with Crippen LogP contribution in [0.2, 0.25) is 0 Å². The van der Waals surface area contributed by atoms with E-state index in [1.54, 1.807) is 54.6 Å². The number of hydrogen-bond acceptors (Lipinski definition) is 5. The molecule has 1 saturated heterocycles. The van der Waals surface area contributed by atoms with E-state index in [0.717, 1.165) is 4.90 Å². The Hall–Kier alpha value is -3.61. The van der Waals surface area contributed by atoms with Crippen molar-refractivity contribution in [1.29, 1.82) is 0 Å². The number of amides is 1. The molecule has 0 spiro atoms. The molecule has 1 heterocycles. The lowest BCUT2D eigenvalue weighted by atomic mass is 9.95. The fourth-order valence-corrected chi connectivity index (χ4v) is 3.07. The first kappa shape index (κ1) is 18.2. The van der Waals surface area contributed by atoms with Gasteiger partial charge in [0.2, 0.25) is 0 Å². The van der Waals surface area contributed by atoms with Crippen LogP contribution in [0.4, 0.5) is 0 Å². The summed E-state index contributed by atoms with van der Waals surface area (Å²) in [4.78, 5) is 37.2. The normalized spacial score (nSPS) is 18.6.